The van der Waals surface area contributed by atoms with Crippen LogP contribution in [0.15, 0.2) is 18.3 Å². The number of piperazine rings is 1. The fraction of sp³-hybridized carbons (Fsp3) is 0.625. The molecule has 1 atom stereocenters. The van der Waals surface area contributed by atoms with E-state index in [0.29, 0.717) is 0 Å². The molecule has 0 aromatic carbocycles. The molecule has 1 aliphatic rings. The van der Waals surface area contributed by atoms with Gasteiger partial charge in [-0.2, -0.15) is 0 Å². The van der Waals surface area contributed by atoms with Crippen molar-refractivity contribution in [3.63, 3.8) is 0 Å². The van der Waals surface area contributed by atoms with Crippen molar-refractivity contribution in [2.24, 2.45) is 0 Å². The number of hydrogen-bond acceptors (Lipinski definition) is 4. The molecule has 116 valence electrons. The van der Waals surface area contributed by atoms with Crippen LogP contribution >= 0.6 is 0 Å². The summed E-state index contributed by atoms with van der Waals surface area (Å²) in [7, 11) is 0. The van der Waals surface area contributed by atoms with Gasteiger partial charge in [0.2, 0.25) is 5.91 Å². The molecule has 1 N–H and O–H groups in total. The third-order valence-electron chi connectivity index (χ3n) is 4.01. The lowest BCUT2D eigenvalue weighted by Gasteiger charge is -2.35. The van der Waals surface area contributed by atoms with Gasteiger partial charge in [-0.3, -0.25) is 9.78 Å². The Morgan fingerprint density at radius 3 is 2.57 bits per heavy atom. The topological polar surface area (TPSA) is 48.5 Å². The molecule has 0 radical (unpaired) electrons. The Morgan fingerprint density at radius 2 is 2.05 bits per heavy atom. The maximum atomic E-state index is 11.3. The van der Waals surface area contributed by atoms with Crippen LogP contribution in [-0.2, 0) is 4.79 Å². The van der Waals surface area contributed by atoms with Gasteiger partial charge in [-0.05, 0) is 32.0 Å². The quantitative estimate of drug-likeness (QED) is 0.898. The largest absolute Gasteiger partial charge is 0.367 e. The first-order valence-electron chi connectivity index (χ1n) is 7.81. The van der Waals surface area contributed by atoms with Crippen LogP contribution in [0.2, 0.25) is 0 Å². The minimum atomic E-state index is 0.166. The number of pyridine rings is 1. The van der Waals surface area contributed by atoms with Crippen LogP contribution in [0.1, 0.15) is 38.9 Å². The molecule has 2 rings (SSSR count). The molecule has 1 unspecified atom stereocenters. The molecule has 1 aromatic rings. The molecule has 2 heterocycles. The number of hydrogen-bond donors (Lipinski definition) is 1. The number of carbonyl (C=O) groups excluding carboxylic acids is 1. The van der Waals surface area contributed by atoms with E-state index in [1.807, 2.05) is 11.1 Å². The van der Waals surface area contributed by atoms with E-state index in [1.54, 1.807) is 6.92 Å². The summed E-state index contributed by atoms with van der Waals surface area (Å²) in [6.07, 6.45) is 3.08. The molecule has 0 saturated carbocycles. The fourth-order valence-electron chi connectivity index (χ4n) is 2.59. The van der Waals surface area contributed by atoms with E-state index < -0.39 is 0 Å². The van der Waals surface area contributed by atoms with Gasteiger partial charge in [0.25, 0.3) is 0 Å². The van der Waals surface area contributed by atoms with Gasteiger partial charge in [-0.15, -0.1) is 0 Å². The predicted octanol–water partition coefficient (Wildman–Crippen LogP) is 1.81. The summed E-state index contributed by atoms with van der Waals surface area (Å²) in [6, 6.07) is 4.52. The van der Waals surface area contributed by atoms with Gasteiger partial charge in [0.05, 0.1) is 17.6 Å². The van der Waals surface area contributed by atoms with Crippen LogP contribution in [0.3, 0.4) is 0 Å². The number of anilines is 1. The van der Waals surface area contributed by atoms with Gasteiger partial charge < -0.3 is 15.1 Å². The van der Waals surface area contributed by atoms with E-state index in [9.17, 15) is 4.79 Å². The van der Waals surface area contributed by atoms with Crippen LogP contribution in [0.4, 0.5) is 5.69 Å². The minimum absolute atomic E-state index is 0.166. The number of carbonyl (C=O) groups is 1. The lowest BCUT2D eigenvalue weighted by Crippen LogP contribution is -2.48. The highest BCUT2D eigenvalue weighted by molar-refractivity contribution is 5.73. The maximum absolute atomic E-state index is 11.3. The molecular formula is C16H26N4O. The van der Waals surface area contributed by atoms with E-state index in [-0.39, 0.29) is 11.9 Å². The Labute approximate surface area is 127 Å². The van der Waals surface area contributed by atoms with Gasteiger partial charge in [0.1, 0.15) is 0 Å². The molecule has 5 heteroatoms. The third-order valence-corrected chi connectivity index (χ3v) is 4.01. The van der Waals surface area contributed by atoms with Crippen molar-refractivity contribution in [3.8, 4) is 0 Å². The molecule has 1 saturated heterocycles. The highest BCUT2D eigenvalue weighted by atomic mass is 16.2. The standard InChI is InChI=1S/C16H26N4O/c1-4-7-17-13(2)16-6-5-15(12-18-16)20-10-8-19(9-11-20)14(3)21/h5-6,12-13,17H,4,7-11H2,1-3H3. The highest BCUT2D eigenvalue weighted by Crippen LogP contribution is 2.18. The molecule has 1 aliphatic heterocycles. The van der Waals surface area contributed by atoms with Crippen LogP contribution in [-0.4, -0.2) is 48.5 Å². The van der Waals surface area contributed by atoms with Crippen molar-refractivity contribution in [2.75, 3.05) is 37.6 Å². The van der Waals surface area contributed by atoms with Gasteiger partial charge >= 0.3 is 0 Å². The van der Waals surface area contributed by atoms with Crippen molar-refractivity contribution in [2.45, 2.75) is 33.2 Å². The highest BCUT2D eigenvalue weighted by Gasteiger charge is 2.19. The zero-order chi connectivity index (χ0) is 15.2. The summed E-state index contributed by atoms with van der Waals surface area (Å²) >= 11 is 0. The second kappa shape index (κ2) is 7.41. The first-order chi connectivity index (χ1) is 10.1. The van der Waals surface area contributed by atoms with Crippen LogP contribution in [0.25, 0.3) is 0 Å². The number of nitrogens with zero attached hydrogens (tertiary/aromatic N) is 3. The smallest absolute Gasteiger partial charge is 0.219 e. The zero-order valence-electron chi connectivity index (χ0n) is 13.3. The molecule has 1 fully saturated rings. The maximum Gasteiger partial charge on any atom is 0.219 e. The Bertz CT molecular complexity index is 452. The number of rotatable bonds is 5. The summed E-state index contributed by atoms with van der Waals surface area (Å²) in [4.78, 5) is 20.1. The fourth-order valence-corrected chi connectivity index (χ4v) is 2.59. The second-order valence-electron chi connectivity index (χ2n) is 5.61. The lowest BCUT2D eigenvalue weighted by atomic mass is 10.2. The molecule has 0 aliphatic carbocycles. The van der Waals surface area contributed by atoms with E-state index in [0.717, 1.165) is 50.5 Å². The number of nitrogens with one attached hydrogen (secondary N) is 1. The monoisotopic (exact) mass is 290 g/mol. The van der Waals surface area contributed by atoms with Crippen LogP contribution < -0.4 is 10.2 Å². The van der Waals surface area contributed by atoms with Gasteiger partial charge in [-0.1, -0.05) is 6.92 Å². The number of amides is 1. The van der Waals surface area contributed by atoms with Crippen molar-refractivity contribution in [1.82, 2.24) is 15.2 Å². The Morgan fingerprint density at radius 1 is 1.33 bits per heavy atom. The third kappa shape index (κ3) is 4.17. The first-order valence-corrected chi connectivity index (χ1v) is 7.81. The summed E-state index contributed by atoms with van der Waals surface area (Å²) in [5, 5.41) is 3.45. The van der Waals surface area contributed by atoms with Gasteiger partial charge in [-0.25, -0.2) is 0 Å². The van der Waals surface area contributed by atoms with Gasteiger partial charge in [0.15, 0.2) is 0 Å². The van der Waals surface area contributed by atoms with Crippen molar-refractivity contribution in [3.05, 3.63) is 24.0 Å². The number of aromatic nitrogens is 1. The van der Waals surface area contributed by atoms with E-state index in [1.165, 1.54) is 0 Å². The molecule has 1 aromatic heterocycles. The lowest BCUT2D eigenvalue weighted by molar-refractivity contribution is -0.129. The predicted molar refractivity (Wildman–Crippen MR) is 85.4 cm³/mol. The van der Waals surface area contributed by atoms with E-state index >= 15 is 0 Å². The SMILES string of the molecule is CCCNC(C)c1ccc(N2CCN(C(C)=O)CC2)cn1. The molecule has 21 heavy (non-hydrogen) atoms. The molecule has 5 nitrogen and oxygen atoms in total. The summed E-state index contributed by atoms with van der Waals surface area (Å²) in [5.41, 5.74) is 2.22. The van der Waals surface area contributed by atoms with Crippen molar-refractivity contribution in [1.29, 1.82) is 0 Å². The second-order valence-corrected chi connectivity index (χ2v) is 5.61. The van der Waals surface area contributed by atoms with Crippen LogP contribution in [0, 0.1) is 0 Å². The Balaban J connectivity index is 1.92. The van der Waals surface area contributed by atoms with Crippen molar-refractivity contribution >= 4 is 11.6 Å². The summed E-state index contributed by atoms with van der Waals surface area (Å²) in [5.74, 6) is 0.166. The molecule has 0 bridgehead atoms. The molecular weight excluding hydrogens is 264 g/mol. The van der Waals surface area contributed by atoms with Crippen LogP contribution in [0.5, 0.6) is 0 Å². The first kappa shape index (κ1) is 15.8. The normalized spacial score (nSPS) is 16.9. The average Bonchev–Trinajstić information content (AvgIpc) is 2.53. The summed E-state index contributed by atoms with van der Waals surface area (Å²) in [6.45, 7) is 10.3. The molecule has 0 spiro atoms. The van der Waals surface area contributed by atoms with E-state index in [4.69, 9.17) is 0 Å². The zero-order valence-corrected chi connectivity index (χ0v) is 13.3. The van der Waals surface area contributed by atoms with Gasteiger partial charge in [0, 0.05) is 39.1 Å². The van der Waals surface area contributed by atoms with E-state index in [2.05, 4.69) is 41.2 Å². The van der Waals surface area contributed by atoms with Crippen molar-refractivity contribution < 1.29 is 4.79 Å². The molecule has 1 amide bonds. The summed E-state index contributed by atoms with van der Waals surface area (Å²) < 4.78 is 0. The Kier molecular flexibility index (Phi) is 5.56. The Hall–Kier alpha value is -1.62. The minimum Gasteiger partial charge on any atom is -0.367 e. The average molecular weight is 290 g/mol.